The Hall–Kier alpha value is -2.89. The number of carbonyl (C=O) groups excluding carboxylic acids is 3. The molecule has 6 nitrogen and oxygen atoms in total. The molecule has 81 heavy (non-hydrogen) atoms. The van der Waals surface area contributed by atoms with Crippen LogP contribution in [0.1, 0.15) is 380 Å². The predicted molar refractivity (Wildman–Crippen MR) is 353 cm³/mol. The van der Waals surface area contributed by atoms with Crippen LogP contribution in [0.4, 0.5) is 0 Å². The molecule has 0 aliphatic carbocycles. The fraction of sp³-hybridized carbons (Fsp3) is 0.827. The molecular formula is C75H136O6. The van der Waals surface area contributed by atoms with Crippen molar-refractivity contribution < 1.29 is 28.6 Å². The molecule has 0 spiro atoms. The zero-order valence-corrected chi connectivity index (χ0v) is 54.3. The Morgan fingerprint density at radius 2 is 0.444 bits per heavy atom. The van der Waals surface area contributed by atoms with Gasteiger partial charge in [-0.2, -0.15) is 0 Å². The van der Waals surface area contributed by atoms with Crippen LogP contribution in [0, 0.1) is 0 Å². The summed E-state index contributed by atoms with van der Waals surface area (Å²) in [7, 11) is 0. The highest BCUT2D eigenvalue weighted by Gasteiger charge is 2.19. The van der Waals surface area contributed by atoms with Crippen LogP contribution in [0.5, 0.6) is 0 Å². The summed E-state index contributed by atoms with van der Waals surface area (Å²) >= 11 is 0. The molecule has 0 aliphatic rings. The zero-order valence-electron chi connectivity index (χ0n) is 54.3. The Morgan fingerprint density at radius 1 is 0.247 bits per heavy atom. The van der Waals surface area contributed by atoms with Crippen LogP contribution < -0.4 is 0 Å². The van der Waals surface area contributed by atoms with Gasteiger partial charge in [0.15, 0.2) is 6.10 Å². The first-order valence-corrected chi connectivity index (χ1v) is 35.8. The van der Waals surface area contributed by atoms with Gasteiger partial charge in [-0.25, -0.2) is 0 Å². The third-order valence-corrected chi connectivity index (χ3v) is 16.0. The third kappa shape index (κ3) is 67.8. The molecule has 0 radical (unpaired) electrons. The standard InChI is InChI=1S/C75H136O6/c1-4-7-10-13-16-19-22-25-28-31-34-35-36-37-38-39-40-41-42-45-47-50-53-56-59-62-65-68-74(77)80-71-72(81-75(78)69-66-63-60-57-54-51-48-44-33-30-27-24-21-18-15-12-9-6-3)70-79-73(76)67-64-61-58-55-52-49-46-43-32-29-26-23-20-17-14-11-8-5-2/h20-21,23-24,29-34,72H,4-19,22,25-28,35-71H2,1-3H3/b23-20-,24-21-,32-29-,33-30-,34-31-. The van der Waals surface area contributed by atoms with E-state index in [1.54, 1.807) is 0 Å². The van der Waals surface area contributed by atoms with Gasteiger partial charge in [0, 0.05) is 19.3 Å². The monoisotopic (exact) mass is 1130 g/mol. The second-order valence-corrected chi connectivity index (χ2v) is 24.1. The van der Waals surface area contributed by atoms with Gasteiger partial charge < -0.3 is 14.2 Å². The van der Waals surface area contributed by atoms with Gasteiger partial charge in [0.05, 0.1) is 0 Å². The first-order valence-electron chi connectivity index (χ1n) is 35.8. The van der Waals surface area contributed by atoms with Crippen LogP contribution in [0.15, 0.2) is 60.8 Å². The predicted octanol–water partition coefficient (Wildman–Crippen LogP) is 24.7. The van der Waals surface area contributed by atoms with E-state index in [1.165, 1.54) is 257 Å². The minimum Gasteiger partial charge on any atom is -0.462 e. The highest BCUT2D eigenvalue weighted by Crippen LogP contribution is 2.18. The lowest BCUT2D eigenvalue weighted by molar-refractivity contribution is -0.167. The van der Waals surface area contributed by atoms with E-state index < -0.39 is 6.10 Å². The molecule has 0 aromatic carbocycles. The molecule has 0 aromatic heterocycles. The van der Waals surface area contributed by atoms with Crippen LogP contribution >= 0.6 is 0 Å². The van der Waals surface area contributed by atoms with Crippen LogP contribution in [0.2, 0.25) is 0 Å². The smallest absolute Gasteiger partial charge is 0.306 e. The summed E-state index contributed by atoms with van der Waals surface area (Å²) in [4.78, 5) is 38.5. The zero-order chi connectivity index (χ0) is 58.5. The van der Waals surface area contributed by atoms with Gasteiger partial charge in [-0.3, -0.25) is 14.4 Å². The van der Waals surface area contributed by atoms with Crippen LogP contribution in [-0.2, 0) is 28.6 Å². The second-order valence-electron chi connectivity index (χ2n) is 24.1. The van der Waals surface area contributed by atoms with E-state index in [0.717, 1.165) is 83.5 Å². The molecule has 472 valence electrons. The highest BCUT2D eigenvalue weighted by atomic mass is 16.6. The minimum absolute atomic E-state index is 0.0772. The van der Waals surface area contributed by atoms with Crippen molar-refractivity contribution in [3.8, 4) is 0 Å². The van der Waals surface area contributed by atoms with E-state index in [1.807, 2.05) is 0 Å². The van der Waals surface area contributed by atoms with Crippen molar-refractivity contribution in [1.29, 1.82) is 0 Å². The van der Waals surface area contributed by atoms with Gasteiger partial charge in [-0.15, -0.1) is 0 Å². The molecular weight excluding hydrogens is 997 g/mol. The Bertz CT molecular complexity index is 1440. The molecule has 0 saturated carbocycles. The topological polar surface area (TPSA) is 78.9 Å². The summed E-state index contributed by atoms with van der Waals surface area (Å²) in [6.45, 7) is 6.65. The van der Waals surface area contributed by atoms with E-state index >= 15 is 0 Å². The van der Waals surface area contributed by atoms with Gasteiger partial charge in [-0.05, 0) is 109 Å². The average Bonchev–Trinajstić information content (AvgIpc) is 3.47. The lowest BCUT2D eigenvalue weighted by Crippen LogP contribution is -2.30. The minimum atomic E-state index is -0.783. The summed E-state index contributed by atoms with van der Waals surface area (Å²) in [5.41, 5.74) is 0. The summed E-state index contributed by atoms with van der Waals surface area (Å²) in [5.74, 6) is -0.870. The lowest BCUT2D eigenvalue weighted by Gasteiger charge is -2.18. The number of ether oxygens (including phenoxy) is 3. The maximum atomic E-state index is 13.0. The first-order chi connectivity index (χ1) is 40.0. The fourth-order valence-corrected chi connectivity index (χ4v) is 10.6. The molecule has 1 atom stereocenters. The molecule has 0 amide bonds. The Balaban J connectivity index is 4.30. The number of carbonyl (C=O) groups is 3. The van der Waals surface area contributed by atoms with Gasteiger partial charge >= 0.3 is 17.9 Å². The fourth-order valence-electron chi connectivity index (χ4n) is 10.6. The largest absolute Gasteiger partial charge is 0.462 e. The van der Waals surface area contributed by atoms with Crippen molar-refractivity contribution in [2.75, 3.05) is 13.2 Å². The third-order valence-electron chi connectivity index (χ3n) is 16.0. The van der Waals surface area contributed by atoms with Gasteiger partial charge in [0.25, 0.3) is 0 Å². The van der Waals surface area contributed by atoms with Crippen LogP contribution in [-0.4, -0.2) is 37.2 Å². The molecule has 1 unspecified atom stereocenters. The maximum absolute atomic E-state index is 13.0. The van der Waals surface area contributed by atoms with Crippen molar-refractivity contribution in [3.63, 3.8) is 0 Å². The number of esters is 3. The molecule has 0 aliphatic heterocycles. The molecule has 6 heteroatoms. The molecule has 0 N–H and O–H groups in total. The number of unbranched alkanes of at least 4 members (excludes halogenated alkanes) is 45. The van der Waals surface area contributed by atoms with Crippen LogP contribution in [0.25, 0.3) is 0 Å². The van der Waals surface area contributed by atoms with Gasteiger partial charge in [0.2, 0.25) is 0 Å². The number of hydrogen-bond acceptors (Lipinski definition) is 6. The van der Waals surface area contributed by atoms with E-state index in [-0.39, 0.29) is 31.1 Å². The quantitative estimate of drug-likeness (QED) is 0.0261. The number of rotatable bonds is 66. The van der Waals surface area contributed by atoms with Gasteiger partial charge in [0.1, 0.15) is 13.2 Å². The van der Waals surface area contributed by atoms with E-state index in [0.29, 0.717) is 19.3 Å². The van der Waals surface area contributed by atoms with Crippen LogP contribution in [0.3, 0.4) is 0 Å². The van der Waals surface area contributed by atoms with E-state index in [4.69, 9.17) is 14.2 Å². The van der Waals surface area contributed by atoms with Crippen molar-refractivity contribution >= 4 is 17.9 Å². The Morgan fingerprint density at radius 3 is 0.704 bits per heavy atom. The molecule has 0 aromatic rings. The highest BCUT2D eigenvalue weighted by molar-refractivity contribution is 5.71. The SMILES string of the molecule is CCCCCC/C=C\C/C=C\CCCCCCCCCC(=O)OCC(COC(=O)CCCCCCCCCCCCCCCCC/C=C\CCCCCCCCCC)OC(=O)CCCCCCCCC/C=C\C/C=C\CCCCCC. The normalized spacial score (nSPS) is 12.4. The molecule has 0 fully saturated rings. The average molecular weight is 1130 g/mol. The number of allylic oxidation sites excluding steroid dienone is 10. The van der Waals surface area contributed by atoms with E-state index in [2.05, 4.69) is 81.5 Å². The first kappa shape index (κ1) is 78.1. The van der Waals surface area contributed by atoms with E-state index in [9.17, 15) is 14.4 Å². The Kier molecular flexibility index (Phi) is 67.1. The lowest BCUT2D eigenvalue weighted by atomic mass is 10.0. The van der Waals surface area contributed by atoms with Crippen molar-refractivity contribution in [3.05, 3.63) is 60.8 Å². The molecule has 0 heterocycles. The van der Waals surface area contributed by atoms with Gasteiger partial charge in [-0.1, -0.05) is 313 Å². The maximum Gasteiger partial charge on any atom is 0.306 e. The van der Waals surface area contributed by atoms with Crippen molar-refractivity contribution in [2.24, 2.45) is 0 Å². The second kappa shape index (κ2) is 69.6. The Labute approximate surface area is 504 Å². The summed E-state index contributed by atoms with van der Waals surface area (Å²) in [6, 6.07) is 0. The summed E-state index contributed by atoms with van der Waals surface area (Å²) in [5, 5.41) is 0. The van der Waals surface area contributed by atoms with Crippen molar-refractivity contribution in [1.82, 2.24) is 0 Å². The molecule has 0 bridgehead atoms. The van der Waals surface area contributed by atoms with Crippen molar-refractivity contribution in [2.45, 2.75) is 386 Å². The molecule has 0 rings (SSSR count). The summed E-state index contributed by atoms with van der Waals surface area (Å²) in [6.07, 6.45) is 89.6. The number of hydrogen-bond donors (Lipinski definition) is 0. The summed E-state index contributed by atoms with van der Waals surface area (Å²) < 4.78 is 17.0. The molecule has 0 saturated heterocycles.